The van der Waals surface area contributed by atoms with Crippen molar-refractivity contribution in [3.8, 4) is 0 Å². The molecule has 1 amide bonds. The third kappa shape index (κ3) is 4.18. The van der Waals surface area contributed by atoms with Crippen LogP contribution < -0.4 is 5.32 Å². The van der Waals surface area contributed by atoms with E-state index in [4.69, 9.17) is 4.42 Å². The van der Waals surface area contributed by atoms with Crippen molar-refractivity contribution in [3.63, 3.8) is 0 Å². The van der Waals surface area contributed by atoms with Gasteiger partial charge in [-0.15, -0.1) is 11.3 Å². The number of aromatic nitrogens is 4. The molecule has 0 aliphatic rings. The number of anilines is 1. The molecule has 0 aromatic carbocycles. The predicted molar refractivity (Wildman–Crippen MR) is 103 cm³/mol. The Balaban J connectivity index is 1.43. The first-order valence-electron chi connectivity index (χ1n) is 8.15. The fraction of sp³-hybridized carbons (Fsp3) is 0.0526. The van der Waals surface area contributed by atoms with Crippen molar-refractivity contribution in [1.82, 2.24) is 19.5 Å². The van der Waals surface area contributed by atoms with E-state index in [0.29, 0.717) is 23.1 Å². The van der Waals surface area contributed by atoms with Crippen LogP contribution in [0.3, 0.4) is 0 Å². The Morgan fingerprint density at radius 3 is 2.89 bits per heavy atom. The summed E-state index contributed by atoms with van der Waals surface area (Å²) < 4.78 is 6.81. The molecule has 0 saturated heterocycles. The Morgan fingerprint density at radius 2 is 2.07 bits per heavy atom. The summed E-state index contributed by atoms with van der Waals surface area (Å²) in [7, 11) is 0. The summed E-state index contributed by atoms with van der Waals surface area (Å²) in [5, 5.41) is 5.25. The lowest BCUT2D eigenvalue weighted by molar-refractivity contribution is 0.101. The largest absolute Gasteiger partial charge is 0.451 e. The number of nitrogens with one attached hydrogen (secondary N) is 1. The van der Waals surface area contributed by atoms with E-state index < -0.39 is 0 Å². The lowest BCUT2D eigenvalue weighted by Crippen LogP contribution is -2.17. The van der Waals surface area contributed by atoms with Crippen LogP contribution in [0.2, 0.25) is 0 Å². The van der Waals surface area contributed by atoms with Gasteiger partial charge in [-0.2, -0.15) is 0 Å². The van der Waals surface area contributed by atoms with Crippen LogP contribution in [0.15, 0.2) is 65.3 Å². The van der Waals surface area contributed by atoms with E-state index in [0.717, 1.165) is 11.3 Å². The Hall–Kier alpha value is -3.52. The van der Waals surface area contributed by atoms with E-state index in [9.17, 15) is 4.79 Å². The van der Waals surface area contributed by atoms with Gasteiger partial charge in [-0.1, -0.05) is 0 Å². The Labute approximate surface area is 159 Å². The summed E-state index contributed by atoms with van der Waals surface area (Å²) in [5.74, 6) is -0.199. The number of thiazole rings is 1. The van der Waals surface area contributed by atoms with Crippen molar-refractivity contribution in [2.45, 2.75) is 6.54 Å². The Bertz CT molecular complexity index is 1050. The number of oxazole rings is 1. The fourth-order valence-electron chi connectivity index (χ4n) is 2.50. The number of hydrogen-bond acceptors (Lipinski definition) is 6. The number of nitrogens with zero attached hydrogens (tertiary/aromatic N) is 4. The maximum absolute atomic E-state index is 12.6. The van der Waals surface area contributed by atoms with Crippen LogP contribution in [0.4, 0.5) is 5.13 Å². The van der Waals surface area contributed by atoms with E-state index in [-0.39, 0.29) is 5.91 Å². The maximum Gasteiger partial charge on any atom is 0.274 e. The number of hydrogen-bond donors (Lipinski definition) is 1. The van der Waals surface area contributed by atoms with Gasteiger partial charge in [0.2, 0.25) is 0 Å². The average molecular weight is 377 g/mol. The minimum absolute atomic E-state index is 0.199. The fourth-order valence-corrected chi connectivity index (χ4v) is 3.17. The second-order valence-corrected chi connectivity index (χ2v) is 6.51. The molecule has 1 N–H and O–H groups in total. The van der Waals surface area contributed by atoms with Gasteiger partial charge in [-0.25, -0.2) is 9.97 Å². The summed E-state index contributed by atoms with van der Waals surface area (Å²) in [4.78, 5) is 25.0. The molecule has 4 heterocycles. The zero-order valence-electron chi connectivity index (χ0n) is 14.1. The molecule has 0 unspecified atom stereocenters. The van der Waals surface area contributed by atoms with Gasteiger partial charge >= 0.3 is 0 Å². The third-order valence-electron chi connectivity index (χ3n) is 3.78. The summed E-state index contributed by atoms with van der Waals surface area (Å²) in [5.41, 5.74) is 3.10. The summed E-state index contributed by atoms with van der Waals surface area (Å²) in [6.07, 6.45) is 11.9. The van der Waals surface area contributed by atoms with Gasteiger partial charge in [0.05, 0.1) is 5.69 Å². The van der Waals surface area contributed by atoms with Crippen molar-refractivity contribution < 1.29 is 9.21 Å². The summed E-state index contributed by atoms with van der Waals surface area (Å²) >= 11 is 1.37. The first-order valence-corrected chi connectivity index (χ1v) is 9.03. The minimum atomic E-state index is -0.199. The van der Waals surface area contributed by atoms with E-state index in [1.54, 1.807) is 30.8 Å². The van der Waals surface area contributed by atoms with Gasteiger partial charge in [-0.05, 0) is 42.0 Å². The first kappa shape index (κ1) is 16.9. The molecular formula is C19H15N5O2S. The van der Waals surface area contributed by atoms with Crippen LogP contribution in [-0.2, 0) is 6.54 Å². The van der Waals surface area contributed by atoms with Crippen molar-refractivity contribution in [2.24, 2.45) is 0 Å². The van der Waals surface area contributed by atoms with Gasteiger partial charge in [0.25, 0.3) is 5.91 Å². The van der Waals surface area contributed by atoms with E-state index in [2.05, 4.69) is 20.3 Å². The first-order chi connectivity index (χ1) is 13.3. The number of rotatable bonds is 6. The lowest BCUT2D eigenvalue weighted by Gasteiger charge is -2.08. The molecule has 4 rings (SSSR count). The second-order valence-electron chi connectivity index (χ2n) is 5.66. The molecule has 0 aliphatic heterocycles. The van der Waals surface area contributed by atoms with Crippen molar-refractivity contribution in [1.29, 1.82) is 0 Å². The Morgan fingerprint density at radius 1 is 1.22 bits per heavy atom. The molecule has 0 aliphatic carbocycles. The van der Waals surface area contributed by atoms with Crippen LogP contribution in [0, 0.1) is 0 Å². The van der Waals surface area contributed by atoms with Gasteiger partial charge < -0.3 is 8.98 Å². The molecule has 8 heteroatoms. The average Bonchev–Trinajstić information content (AvgIpc) is 3.43. The molecule has 27 heavy (non-hydrogen) atoms. The SMILES string of the molecule is O=C(Nc1nc(C=Cc2cocn2)cs1)c1cccn1Cc1ccncc1. The number of carbonyl (C=O) groups excluding carboxylic acids is 1. The molecule has 0 spiro atoms. The molecule has 0 radical (unpaired) electrons. The molecule has 0 atom stereocenters. The molecule has 4 aromatic rings. The molecule has 4 aromatic heterocycles. The highest BCUT2D eigenvalue weighted by molar-refractivity contribution is 7.14. The number of carbonyl (C=O) groups is 1. The van der Waals surface area contributed by atoms with Crippen LogP contribution in [0.1, 0.15) is 27.4 Å². The summed E-state index contributed by atoms with van der Waals surface area (Å²) in [6.45, 7) is 0.599. The summed E-state index contributed by atoms with van der Waals surface area (Å²) in [6, 6.07) is 7.49. The molecule has 7 nitrogen and oxygen atoms in total. The van der Waals surface area contributed by atoms with E-state index >= 15 is 0 Å². The topological polar surface area (TPSA) is 85.8 Å². The third-order valence-corrected chi connectivity index (χ3v) is 4.56. The zero-order valence-corrected chi connectivity index (χ0v) is 15.0. The quantitative estimate of drug-likeness (QED) is 0.552. The monoisotopic (exact) mass is 377 g/mol. The Kier molecular flexibility index (Phi) is 4.88. The highest BCUT2D eigenvalue weighted by Gasteiger charge is 2.13. The van der Waals surface area contributed by atoms with E-state index in [1.807, 2.05) is 40.4 Å². The minimum Gasteiger partial charge on any atom is -0.451 e. The van der Waals surface area contributed by atoms with Crippen LogP contribution in [-0.4, -0.2) is 25.4 Å². The maximum atomic E-state index is 12.6. The predicted octanol–water partition coefficient (Wildman–Crippen LogP) is 3.80. The van der Waals surface area contributed by atoms with E-state index in [1.165, 1.54) is 17.7 Å². The van der Waals surface area contributed by atoms with Crippen molar-refractivity contribution in [2.75, 3.05) is 5.32 Å². The van der Waals surface area contributed by atoms with Crippen LogP contribution >= 0.6 is 11.3 Å². The van der Waals surface area contributed by atoms with Gasteiger partial charge in [0.1, 0.15) is 17.7 Å². The van der Waals surface area contributed by atoms with Gasteiger partial charge in [-0.3, -0.25) is 15.1 Å². The van der Waals surface area contributed by atoms with Crippen molar-refractivity contribution in [3.05, 3.63) is 83.5 Å². The number of amides is 1. The molecule has 134 valence electrons. The van der Waals surface area contributed by atoms with Gasteiger partial charge in [0.15, 0.2) is 11.5 Å². The molecule has 0 saturated carbocycles. The second kappa shape index (κ2) is 7.79. The lowest BCUT2D eigenvalue weighted by atomic mass is 10.2. The highest BCUT2D eigenvalue weighted by atomic mass is 32.1. The number of pyridine rings is 1. The molecule has 0 fully saturated rings. The van der Waals surface area contributed by atoms with Gasteiger partial charge in [0, 0.05) is 30.5 Å². The molecular weight excluding hydrogens is 362 g/mol. The smallest absolute Gasteiger partial charge is 0.274 e. The zero-order chi connectivity index (χ0) is 18.5. The van der Waals surface area contributed by atoms with Crippen molar-refractivity contribution >= 4 is 34.5 Å². The normalized spacial score (nSPS) is 11.1. The standard InChI is InChI=1S/C19H15N5O2S/c25-18(17-2-1-9-24(17)10-14-5-7-20-8-6-14)23-19-22-16(12-27-19)4-3-15-11-26-13-21-15/h1-9,11-13H,10H2,(H,22,23,25). The van der Waals surface area contributed by atoms with Crippen LogP contribution in [0.25, 0.3) is 12.2 Å². The highest BCUT2D eigenvalue weighted by Crippen LogP contribution is 2.18. The molecule has 0 bridgehead atoms. The van der Waals surface area contributed by atoms with Crippen LogP contribution in [0.5, 0.6) is 0 Å².